The first-order valence-corrected chi connectivity index (χ1v) is 14.2. The summed E-state index contributed by atoms with van der Waals surface area (Å²) in [5, 5.41) is -0.0463. The zero-order valence-corrected chi connectivity index (χ0v) is 25.0. The van der Waals surface area contributed by atoms with Crippen molar-refractivity contribution in [3.63, 3.8) is 0 Å². The van der Waals surface area contributed by atoms with Crippen LogP contribution in [0, 0.1) is 11.6 Å². The summed E-state index contributed by atoms with van der Waals surface area (Å²) in [6.07, 6.45) is 4.55. The number of hydrogen-bond acceptors (Lipinski definition) is 6. The van der Waals surface area contributed by atoms with E-state index in [9.17, 15) is 22.0 Å². The fraction of sp³-hybridized carbons (Fsp3) is 0.143. The van der Waals surface area contributed by atoms with Gasteiger partial charge in [0.15, 0.2) is 11.6 Å². The van der Waals surface area contributed by atoms with Gasteiger partial charge in [-0.25, -0.2) is 22.2 Å². The van der Waals surface area contributed by atoms with Crippen LogP contribution in [0.4, 0.5) is 8.78 Å². The first-order chi connectivity index (χ1) is 18.1. The molecule has 4 aromatic rings. The summed E-state index contributed by atoms with van der Waals surface area (Å²) in [7, 11) is -3.83. The van der Waals surface area contributed by atoms with Crippen molar-refractivity contribution in [2.24, 2.45) is 0 Å². The first kappa shape index (κ1) is 29.2. The fourth-order valence-electron chi connectivity index (χ4n) is 4.25. The third-order valence-corrected chi connectivity index (χ3v) is 9.09. The van der Waals surface area contributed by atoms with Crippen LogP contribution in [0.1, 0.15) is 41.5 Å². The fourth-order valence-corrected chi connectivity index (χ4v) is 6.59. The molecule has 0 fully saturated rings. The number of aromatic nitrogens is 1. The number of halogens is 2. The molecule has 1 amide bonds. The Hall–Kier alpha value is -2.76. The minimum absolute atomic E-state index is 0. The van der Waals surface area contributed by atoms with Crippen molar-refractivity contribution < 1.29 is 57.7 Å². The van der Waals surface area contributed by atoms with Crippen molar-refractivity contribution in [3.05, 3.63) is 106 Å². The molecule has 0 aliphatic carbocycles. The largest absolute Gasteiger partial charge is 1.00 e. The molecule has 0 N–H and O–H groups in total. The number of rotatable bonds is 5. The van der Waals surface area contributed by atoms with Crippen molar-refractivity contribution >= 4 is 50.9 Å². The Morgan fingerprint density at radius 2 is 1.79 bits per heavy atom. The third-order valence-electron chi connectivity index (χ3n) is 6.00. The number of amides is 1. The van der Waals surface area contributed by atoms with E-state index in [1.54, 1.807) is 24.3 Å². The van der Waals surface area contributed by atoms with Gasteiger partial charge in [-0.3, -0.25) is 4.79 Å². The summed E-state index contributed by atoms with van der Waals surface area (Å²) < 4.78 is 58.8. The molecule has 0 spiro atoms. The summed E-state index contributed by atoms with van der Waals surface area (Å²) >= 11 is 0.920. The third kappa shape index (κ3) is 6.36. The minimum Gasteiger partial charge on any atom is -1.00 e. The molecular formula is C28H23F2N2NaO4S2. The van der Waals surface area contributed by atoms with Crippen LogP contribution in [0.25, 0.3) is 23.1 Å². The Labute approximate surface area is 253 Å². The summed E-state index contributed by atoms with van der Waals surface area (Å²) in [4.78, 5) is 16.7. The van der Waals surface area contributed by atoms with E-state index in [-0.39, 0.29) is 31.0 Å². The second-order valence-electron chi connectivity index (χ2n) is 8.81. The van der Waals surface area contributed by atoms with Gasteiger partial charge in [0.2, 0.25) is 15.9 Å². The van der Waals surface area contributed by atoms with Crippen LogP contribution in [-0.4, -0.2) is 29.3 Å². The molecular weight excluding hydrogens is 553 g/mol. The topological polar surface area (TPSA) is 76.6 Å². The predicted octanol–water partition coefficient (Wildman–Crippen LogP) is 3.24. The van der Waals surface area contributed by atoms with Crippen molar-refractivity contribution in [1.29, 1.82) is 0 Å². The Kier molecular flexibility index (Phi) is 8.82. The number of pyridine rings is 1. The zero-order chi connectivity index (χ0) is 27.0. The van der Waals surface area contributed by atoms with Crippen LogP contribution in [0.2, 0.25) is 0 Å². The summed E-state index contributed by atoms with van der Waals surface area (Å²) in [6.45, 7) is 1.51. The maximum absolute atomic E-state index is 13.7. The van der Waals surface area contributed by atoms with Crippen LogP contribution in [0.5, 0.6) is 5.75 Å². The number of carbonyl (C=O) groups excluding carboxylic acids is 1. The van der Waals surface area contributed by atoms with Gasteiger partial charge in [-0.05, 0) is 59.0 Å². The van der Waals surface area contributed by atoms with E-state index in [0.29, 0.717) is 34.5 Å². The number of ether oxygens (including phenoxy) is 1. The normalized spacial score (nSPS) is 14.6. The van der Waals surface area contributed by atoms with Crippen molar-refractivity contribution in [3.8, 4) is 5.75 Å². The Balaban J connectivity index is 0.00000220. The number of fused-ring (bicyclic) bond motifs is 3. The van der Waals surface area contributed by atoms with Crippen LogP contribution in [0.3, 0.4) is 0 Å². The molecule has 196 valence electrons. The molecule has 1 aliphatic rings. The SMILES string of the molecule is CC(=O)N(SC1c2ccccc2COc2ccc(/C=C/c3ccc4cc(F)c(F)cc4n3)cc21)S(C)(=O)=O.[H-].[Na+]. The standard InChI is InChI=1S/C28H22F2N2O4S2.Na.H/c1-17(33)32(38(2,34)35)37-28-22-6-4-3-5-20(22)16-36-27-12-8-18(13-23(27)28)7-10-21-11-9-19-14-24(29)25(30)15-26(19)31-21;;/h3-15,28H,16H2,1-2H3;;/q;+1;-1/b10-7+;;. The van der Waals surface area contributed by atoms with Crippen LogP contribution in [-0.2, 0) is 21.4 Å². The van der Waals surface area contributed by atoms with E-state index >= 15 is 0 Å². The molecule has 1 unspecified atom stereocenters. The van der Waals surface area contributed by atoms with E-state index < -0.39 is 32.8 Å². The molecule has 0 saturated carbocycles. The van der Waals surface area contributed by atoms with E-state index in [1.807, 2.05) is 42.5 Å². The predicted molar refractivity (Wildman–Crippen MR) is 146 cm³/mol. The molecule has 6 nitrogen and oxygen atoms in total. The van der Waals surface area contributed by atoms with E-state index in [0.717, 1.165) is 50.7 Å². The smallest absolute Gasteiger partial charge is 1.00 e. The van der Waals surface area contributed by atoms with Crippen LogP contribution < -0.4 is 34.3 Å². The number of nitrogens with zero attached hydrogens (tertiary/aromatic N) is 2. The number of hydrogen-bond donors (Lipinski definition) is 0. The van der Waals surface area contributed by atoms with Gasteiger partial charge in [0.25, 0.3) is 0 Å². The average Bonchev–Trinajstić information content (AvgIpc) is 3.02. The van der Waals surface area contributed by atoms with Gasteiger partial charge in [0.1, 0.15) is 12.4 Å². The molecule has 2 heterocycles. The van der Waals surface area contributed by atoms with Crippen molar-refractivity contribution in [2.45, 2.75) is 18.8 Å². The van der Waals surface area contributed by atoms with Crippen molar-refractivity contribution in [1.82, 2.24) is 8.69 Å². The first-order valence-electron chi connectivity index (χ1n) is 11.6. The van der Waals surface area contributed by atoms with Crippen molar-refractivity contribution in [2.75, 3.05) is 6.26 Å². The maximum Gasteiger partial charge on any atom is 1.00 e. The Morgan fingerprint density at radius 3 is 2.54 bits per heavy atom. The summed E-state index contributed by atoms with van der Waals surface area (Å²) in [5.41, 5.74) is 4.10. The maximum atomic E-state index is 13.7. The molecule has 0 bridgehead atoms. The van der Waals surface area contributed by atoms with Gasteiger partial charge >= 0.3 is 29.6 Å². The molecule has 0 radical (unpaired) electrons. The molecule has 11 heteroatoms. The molecule has 5 rings (SSSR count). The van der Waals surface area contributed by atoms with E-state index in [1.165, 1.54) is 6.92 Å². The van der Waals surface area contributed by atoms with Gasteiger partial charge in [-0.1, -0.05) is 42.5 Å². The van der Waals surface area contributed by atoms with Gasteiger partial charge in [-0.15, -0.1) is 0 Å². The molecule has 0 saturated heterocycles. The molecule has 1 atom stereocenters. The molecule has 39 heavy (non-hydrogen) atoms. The van der Waals surface area contributed by atoms with E-state index in [2.05, 4.69) is 4.98 Å². The minimum atomic E-state index is -3.83. The van der Waals surface area contributed by atoms with Gasteiger partial charge in [0, 0.05) is 23.9 Å². The van der Waals surface area contributed by atoms with E-state index in [4.69, 9.17) is 4.74 Å². The average molecular weight is 577 g/mol. The molecule has 3 aromatic carbocycles. The van der Waals surface area contributed by atoms with Crippen LogP contribution in [0.15, 0.2) is 66.7 Å². The van der Waals surface area contributed by atoms with Gasteiger partial charge in [0.05, 0.1) is 22.7 Å². The Morgan fingerprint density at radius 1 is 1.05 bits per heavy atom. The monoisotopic (exact) mass is 576 g/mol. The van der Waals surface area contributed by atoms with Gasteiger partial charge < -0.3 is 6.16 Å². The van der Waals surface area contributed by atoms with Gasteiger partial charge in [-0.2, -0.15) is 3.71 Å². The number of carbonyl (C=O) groups is 1. The summed E-state index contributed by atoms with van der Waals surface area (Å²) in [5.74, 6) is -1.91. The van der Waals surface area contributed by atoms with Crippen LogP contribution >= 0.6 is 11.9 Å². The second kappa shape index (κ2) is 11.8. The zero-order valence-electron chi connectivity index (χ0n) is 22.4. The summed E-state index contributed by atoms with van der Waals surface area (Å²) in [6, 6.07) is 18.6. The second-order valence-corrected chi connectivity index (χ2v) is 11.9. The Bertz CT molecular complexity index is 1720. The molecule has 1 aliphatic heterocycles. The number of sulfonamides is 1. The molecule has 1 aromatic heterocycles. The quantitative estimate of drug-likeness (QED) is 0.268. The number of benzene rings is 3.